The van der Waals surface area contributed by atoms with Gasteiger partial charge in [0, 0.05) is 51.1 Å². The molecule has 1 fully saturated rings. The topological polar surface area (TPSA) is 50.6 Å². The van der Waals surface area contributed by atoms with Gasteiger partial charge >= 0.3 is 0 Å². The Hall–Kier alpha value is -1.49. The van der Waals surface area contributed by atoms with Gasteiger partial charge in [0.05, 0.1) is 6.10 Å². The number of guanidine groups is 1. The quantitative estimate of drug-likeness (QED) is 0.621. The molecular weight excluding hydrogens is 300 g/mol. The molecule has 2 atom stereocenters. The fourth-order valence-corrected chi connectivity index (χ4v) is 3.36. The molecule has 136 valence electrons. The molecule has 2 N–H and O–H groups in total. The second-order valence-electron chi connectivity index (χ2n) is 7.63. The summed E-state index contributed by atoms with van der Waals surface area (Å²) in [4.78, 5) is 4.82. The minimum Gasteiger partial charge on any atom is -0.377 e. The molecule has 1 aliphatic rings. The Morgan fingerprint density at radius 1 is 1.25 bits per heavy atom. The predicted molar refractivity (Wildman–Crippen MR) is 100 cm³/mol. The van der Waals surface area contributed by atoms with Gasteiger partial charge in [0.25, 0.3) is 0 Å². The van der Waals surface area contributed by atoms with E-state index in [0.717, 1.165) is 45.2 Å². The summed E-state index contributed by atoms with van der Waals surface area (Å²) in [6.45, 7) is 13.3. The van der Waals surface area contributed by atoms with E-state index in [4.69, 9.17) is 9.73 Å². The van der Waals surface area contributed by atoms with Crippen molar-refractivity contribution in [2.24, 2.45) is 16.3 Å². The van der Waals surface area contributed by atoms with Crippen LogP contribution in [0.3, 0.4) is 0 Å². The van der Waals surface area contributed by atoms with Crippen LogP contribution in [0.15, 0.2) is 29.5 Å². The summed E-state index contributed by atoms with van der Waals surface area (Å²) in [5.74, 6) is 1.40. The molecule has 0 bridgehead atoms. The summed E-state index contributed by atoms with van der Waals surface area (Å²) in [5, 5.41) is 6.77. The first-order valence-electron chi connectivity index (χ1n) is 9.25. The van der Waals surface area contributed by atoms with Crippen molar-refractivity contribution in [3.05, 3.63) is 24.5 Å². The van der Waals surface area contributed by atoms with Crippen molar-refractivity contribution in [1.82, 2.24) is 15.2 Å². The zero-order valence-corrected chi connectivity index (χ0v) is 15.7. The lowest BCUT2D eigenvalue weighted by Gasteiger charge is -2.39. The van der Waals surface area contributed by atoms with Crippen LogP contribution in [-0.4, -0.2) is 42.9 Å². The third-order valence-corrected chi connectivity index (χ3v) is 4.46. The van der Waals surface area contributed by atoms with E-state index in [9.17, 15) is 0 Å². The average molecular weight is 335 g/mol. The van der Waals surface area contributed by atoms with Crippen LogP contribution in [0.4, 0.5) is 0 Å². The van der Waals surface area contributed by atoms with E-state index < -0.39 is 0 Å². The number of hydrogen-bond donors (Lipinski definition) is 2. The molecule has 2 heterocycles. The second-order valence-corrected chi connectivity index (χ2v) is 7.63. The highest BCUT2D eigenvalue weighted by Gasteiger charge is 2.35. The van der Waals surface area contributed by atoms with Crippen LogP contribution < -0.4 is 10.6 Å². The summed E-state index contributed by atoms with van der Waals surface area (Å²) < 4.78 is 8.23. The van der Waals surface area contributed by atoms with Crippen molar-refractivity contribution in [1.29, 1.82) is 0 Å². The molecule has 0 amide bonds. The fourth-order valence-electron chi connectivity index (χ4n) is 3.36. The van der Waals surface area contributed by atoms with E-state index in [2.05, 4.69) is 67.4 Å². The molecule has 5 heteroatoms. The van der Waals surface area contributed by atoms with Crippen LogP contribution in [0.25, 0.3) is 0 Å². The first-order valence-corrected chi connectivity index (χ1v) is 9.25. The standard InChI is InChI=1S/C19H34N4O/c1-5-20-18(21-10-13-23-11-6-7-12-23)22-15-16-9-8-14-24-17(16)19(2,3)4/h6-7,11-12,16-17H,5,8-10,13-15H2,1-4H3,(H2,20,21,22). The van der Waals surface area contributed by atoms with Crippen molar-refractivity contribution < 1.29 is 4.74 Å². The summed E-state index contributed by atoms with van der Waals surface area (Å²) >= 11 is 0. The van der Waals surface area contributed by atoms with Gasteiger partial charge in [-0.2, -0.15) is 0 Å². The van der Waals surface area contributed by atoms with Crippen LogP contribution >= 0.6 is 0 Å². The maximum Gasteiger partial charge on any atom is 0.191 e. The number of nitrogens with one attached hydrogen (secondary N) is 2. The van der Waals surface area contributed by atoms with E-state index in [-0.39, 0.29) is 11.5 Å². The molecule has 1 saturated heterocycles. The number of aromatic nitrogens is 1. The third-order valence-electron chi connectivity index (χ3n) is 4.46. The van der Waals surface area contributed by atoms with E-state index in [1.165, 1.54) is 6.42 Å². The Labute approximate surface area is 146 Å². The summed E-state index contributed by atoms with van der Waals surface area (Å²) in [6, 6.07) is 4.10. The zero-order chi connectivity index (χ0) is 17.4. The molecule has 1 aliphatic heterocycles. The first kappa shape index (κ1) is 18.8. The van der Waals surface area contributed by atoms with E-state index >= 15 is 0 Å². The Morgan fingerprint density at radius 2 is 2.00 bits per heavy atom. The zero-order valence-electron chi connectivity index (χ0n) is 15.7. The lowest BCUT2D eigenvalue weighted by Crippen LogP contribution is -2.43. The van der Waals surface area contributed by atoms with Gasteiger partial charge in [0.1, 0.15) is 0 Å². The number of nitrogens with zero attached hydrogens (tertiary/aromatic N) is 2. The van der Waals surface area contributed by atoms with Crippen LogP contribution in [0.2, 0.25) is 0 Å². The van der Waals surface area contributed by atoms with Gasteiger partial charge in [-0.25, -0.2) is 0 Å². The Kier molecular flexibility index (Phi) is 7.16. The molecule has 0 saturated carbocycles. The summed E-state index contributed by atoms with van der Waals surface area (Å²) in [5.41, 5.74) is 0.167. The molecule has 1 aromatic rings. The first-order chi connectivity index (χ1) is 11.5. The third kappa shape index (κ3) is 5.86. The normalized spacial score (nSPS) is 22.4. The monoisotopic (exact) mass is 334 g/mol. The maximum absolute atomic E-state index is 6.06. The Bertz CT molecular complexity index is 490. The highest BCUT2D eigenvalue weighted by atomic mass is 16.5. The highest BCUT2D eigenvalue weighted by Crippen LogP contribution is 2.34. The van der Waals surface area contributed by atoms with Crippen molar-refractivity contribution in [2.45, 2.75) is 53.2 Å². The largest absolute Gasteiger partial charge is 0.377 e. The highest BCUT2D eigenvalue weighted by molar-refractivity contribution is 5.79. The van der Waals surface area contributed by atoms with Gasteiger partial charge in [-0.1, -0.05) is 20.8 Å². The maximum atomic E-state index is 6.06. The van der Waals surface area contributed by atoms with Crippen molar-refractivity contribution in [2.75, 3.05) is 26.2 Å². The van der Waals surface area contributed by atoms with Crippen LogP contribution in [0.5, 0.6) is 0 Å². The number of rotatable bonds is 6. The lowest BCUT2D eigenvalue weighted by atomic mass is 9.78. The van der Waals surface area contributed by atoms with Gasteiger partial charge in [0.15, 0.2) is 5.96 Å². The molecule has 24 heavy (non-hydrogen) atoms. The molecule has 0 aromatic carbocycles. The Morgan fingerprint density at radius 3 is 2.67 bits per heavy atom. The molecule has 2 unspecified atom stereocenters. The van der Waals surface area contributed by atoms with E-state index in [1.54, 1.807) is 0 Å². The number of aliphatic imine (C=N–C) groups is 1. The molecule has 0 spiro atoms. The van der Waals surface area contributed by atoms with Gasteiger partial charge in [0.2, 0.25) is 0 Å². The van der Waals surface area contributed by atoms with E-state index in [1.807, 2.05) is 0 Å². The summed E-state index contributed by atoms with van der Waals surface area (Å²) in [7, 11) is 0. The summed E-state index contributed by atoms with van der Waals surface area (Å²) in [6.07, 6.45) is 6.80. The van der Waals surface area contributed by atoms with Gasteiger partial charge in [-0.3, -0.25) is 4.99 Å². The average Bonchev–Trinajstić information content (AvgIpc) is 3.05. The molecular formula is C19H34N4O. The van der Waals surface area contributed by atoms with E-state index in [0.29, 0.717) is 5.92 Å². The lowest BCUT2D eigenvalue weighted by molar-refractivity contribution is -0.0823. The van der Waals surface area contributed by atoms with Gasteiger partial charge in [-0.15, -0.1) is 0 Å². The smallest absolute Gasteiger partial charge is 0.191 e. The Balaban J connectivity index is 1.88. The predicted octanol–water partition coefficient (Wildman–Crippen LogP) is 2.88. The van der Waals surface area contributed by atoms with Crippen LogP contribution in [0.1, 0.15) is 40.5 Å². The van der Waals surface area contributed by atoms with Crippen LogP contribution in [0, 0.1) is 11.3 Å². The molecule has 0 aliphatic carbocycles. The molecule has 0 radical (unpaired) electrons. The number of hydrogen-bond acceptors (Lipinski definition) is 2. The van der Waals surface area contributed by atoms with Crippen molar-refractivity contribution in [3.8, 4) is 0 Å². The second kappa shape index (κ2) is 9.11. The van der Waals surface area contributed by atoms with Gasteiger partial charge < -0.3 is 19.9 Å². The molecule has 5 nitrogen and oxygen atoms in total. The minimum absolute atomic E-state index is 0.167. The SMILES string of the molecule is CCNC(=NCC1CCCOC1C(C)(C)C)NCCn1cccc1. The van der Waals surface area contributed by atoms with Gasteiger partial charge in [-0.05, 0) is 37.3 Å². The molecule has 1 aromatic heterocycles. The van der Waals surface area contributed by atoms with Crippen molar-refractivity contribution >= 4 is 5.96 Å². The van der Waals surface area contributed by atoms with Crippen LogP contribution in [-0.2, 0) is 11.3 Å². The molecule has 2 rings (SSSR count). The minimum atomic E-state index is 0.167. The van der Waals surface area contributed by atoms with Crippen molar-refractivity contribution in [3.63, 3.8) is 0 Å². The fraction of sp³-hybridized carbons (Fsp3) is 0.737. The number of ether oxygens (including phenoxy) is 1.